The van der Waals surface area contributed by atoms with Gasteiger partial charge in [-0.25, -0.2) is 4.79 Å². The van der Waals surface area contributed by atoms with E-state index >= 15 is 0 Å². The molecule has 1 saturated carbocycles. The molecular formula is C27H32N2O5. The van der Waals surface area contributed by atoms with Gasteiger partial charge in [0.05, 0.1) is 0 Å². The molecule has 1 fully saturated rings. The van der Waals surface area contributed by atoms with Crippen molar-refractivity contribution in [1.29, 1.82) is 0 Å². The molecule has 2 aromatic carbocycles. The molecule has 0 bridgehead atoms. The number of amides is 2. The number of ether oxygens (including phenoxy) is 1. The van der Waals surface area contributed by atoms with Gasteiger partial charge >= 0.3 is 12.1 Å². The van der Waals surface area contributed by atoms with Crippen LogP contribution in [-0.4, -0.2) is 41.3 Å². The number of aliphatic carboxylic acids is 1. The molecular weight excluding hydrogens is 432 g/mol. The van der Waals surface area contributed by atoms with Gasteiger partial charge in [0.2, 0.25) is 5.91 Å². The molecule has 180 valence electrons. The van der Waals surface area contributed by atoms with E-state index in [0.29, 0.717) is 6.42 Å². The van der Waals surface area contributed by atoms with Crippen LogP contribution < -0.4 is 10.6 Å². The maximum Gasteiger partial charge on any atom is 0.407 e. The Morgan fingerprint density at radius 2 is 1.59 bits per heavy atom. The molecule has 2 aliphatic rings. The molecule has 2 aliphatic carbocycles. The lowest BCUT2D eigenvalue weighted by atomic mass is 9.78. The van der Waals surface area contributed by atoms with Crippen molar-refractivity contribution >= 4 is 18.0 Å². The molecule has 7 heteroatoms. The Hall–Kier alpha value is -3.35. The van der Waals surface area contributed by atoms with E-state index in [9.17, 15) is 14.4 Å². The van der Waals surface area contributed by atoms with Crippen LogP contribution in [0.15, 0.2) is 48.5 Å². The normalized spacial score (nSPS) is 17.2. The summed E-state index contributed by atoms with van der Waals surface area (Å²) in [6.07, 6.45) is 4.25. The number of carboxylic acids is 1. The van der Waals surface area contributed by atoms with Crippen LogP contribution in [-0.2, 0) is 14.3 Å². The van der Waals surface area contributed by atoms with Crippen molar-refractivity contribution < 1.29 is 24.2 Å². The average Bonchev–Trinajstić information content (AvgIpc) is 3.16. The Labute approximate surface area is 199 Å². The highest BCUT2D eigenvalue weighted by Gasteiger charge is 2.35. The highest BCUT2D eigenvalue weighted by Crippen LogP contribution is 2.44. The first kappa shape index (κ1) is 23.8. The number of hydrogen-bond donors (Lipinski definition) is 3. The van der Waals surface area contributed by atoms with Crippen LogP contribution in [0.25, 0.3) is 11.1 Å². The van der Waals surface area contributed by atoms with E-state index < -0.39 is 23.6 Å². The summed E-state index contributed by atoms with van der Waals surface area (Å²) in [4.78, 5) is 36.5. The number of benzene rings is 2. The zero-order valence-electron chi connectivity index (χ0n) is 19.5. The highest BCUT2D eigenvalue weighted by atomic mass is 16.5. The van der Waals surface area contributed by atoms with Crippen LogP contribution in [0.1, 0.15) is 68.9 Å². The molecule has 0 saturated heterocycles. The third-order valence-corrected chi connectivity index (χ3v) is 7.09. The first-order chi connectivity index (χ1) is 16.4. The molecule has 1 unspecified atom stereocenters. The second-order valence-corrected chi connectivity index (χ2v) is 9.42. The van der Waals surface area contributed by atoms with Gasteiger partial charge in [0, 0.05) is 17.9 Å². The van der Waals surface area contributed by atoms with Crippen molar-refractivity contribution in [3.63, 3.8) is 0 Å². The minimum atomic E-state index is -0.871. The summed E-state index contributed by atoms with van der Waals surface area (Å²) in [5, 5.41) is 14.8. The van der Waals surface area contributed by atoms with E-state index in [1.807, 2.05) is 24.3 Å². The van der Waals surface area contributed by atoms with E-state index in [2.05, 4.69) is 34.9 Å². The topological polar surface area (TPSA) is 105 Å². The minimum Gasteiger partial charge on any atom is -0.481 e. The summed E-state index contributed by atoms with van der Waals surface area (Å²) in [7, 11) is 0. The Morgan fingerprint density at radius 3 is 2.18 bits per heavy atom. The molecule has 7 nitrogen and oxygen atoms in total. The van der Waals surface area contributed by atoms with Gasteiger partial charge in [-0.3, -0.25) is 9.59 Å². The van der Waals surface area contributed by atoms with Crippen LogP contribution in [0.3, 0.4) is 0 Å². The first-order valence-corrected chi connectivity index (χ1v) is 12.0. The Bertz CT molecular complexity index is 1010. The number of carbonyl (C=O) groups is 3. The first-order valence-electron chi connectivity index (χ1n) is 12.0. The number of carboxylic acid groups (broad SMARTS) is 1. The minimum absolute atomic E-state index is 0.00840. The van der Waals surface area contributed by atoms with Gasteiger partial charge in [-0.2, -0.15) is 0 Å². The molecule has 2 amide bonds. The standard InChI is InChI=1S/C27H32N2O5/c1-18(25(32)29-27(16-13-24(30)31)14-7-2-8-15-27)28-26(33)34-17-23-21-11-5-3-9-19(21)20-10-4-6-12-22(20)23/h3-6,9-12,18,23H,2,7-8,13-17H2,1H3,(H,28,33)(H,29,32)(H,30,31). The summed E-state index contributed by atoms with van der Waals surface area (Å²) in [5.41, 5.74) is 4.03. The Balaban J connectivity index is 1.34. The van der Waals surface area contributed by atoms with Crippen LogP contribution >= 0.6 is 0 Å². The van der Waals surface area contributed by atoms with E-state index in [0.717, 1.165) is 54.4 Å². The van der Waals surface area contributed by atoms with Crippen molar-refractivity contribution in [2.24, 2.45) is 0 Å². The number of hydrogen-bond acceptors (Lipinski definition) is 4. The summed E-state index contributed by atoms with van der Waals surface area (Å²) in [6.45, 7) is 1.79. The number of alkyl carbamates (subject to hydrolysis) is 1. The van der Waals surface area contributed by atoms with Crippen LogP contribution in [0.4, 0.5) is 4.79 Å². The lowest BCUT2D eigenvalue weighted by molar-refractivity contribution is -0.138. The van der Waals surface area contributed by atoms with Crippen LogP contribution in [0.5, 0.6) is 0 Å². The third kappa shape index (κ3) is 5.24. The summed E-state index contributed by atoms with van der Waals surface area (Å²) < 4.78 is 5.55. The van der Waals surface area contributed by atoms with Crippen molar-refractivity contribution in [1.82, 2.24) is 10.6 Å². The second kappa shape index (κ2) is 10.3. The maximum absolute atomic E-state index is 12.9. The predicted molar refractivity (Wildman–Crippen MR) is 128 cm³/mol. The zero-order valence-corrected chi connectivity index (χ0v) is 19.5. The van der Waals surface area contributed by atoms with Crippen LogP contribution in [0.2, 0.25) is 0 Å². The van der Waals surface area contributed by atoms with Gasteiger partial charge in [-0.05, 0) is 48.4 Å². The van der Waals surface area contributed by atoms with Crippen molar-refractivity contribution in [2.75, 3.05) is 6.61 Å². The summed E-state index contributed by atoms with van der Waals surface area (Å²) in [5.74, 6) is -1.24. The Kier molecular flexibility index (Phi) is 7.20. The van der Waals surface area contributed by atoms with Gasteiger partial charge in [0.1, 0.15) is 12.6 Å². The molecule has 2 aromatic rings. The molecule has 34 heavy (non-hydrogen) atoms. The van der Waals surface area contributed by atoms with E-state index in [-0.39, 0.29) is 24.9 Å². The van der Waals surface area contributed by atoms with E-state index in [1.165, 1.54) is 0 Å². The molecule has 0 radical (unpaired) electrons. The fourth-order valence-electron chi connectivity index (χ4n) is 5.26. The van der Waals surface area contributed by atoms with Crippen molar-refractivity contribution in [3.8, 4) is 11.1 Å². The lowest BCUT2D eigenvalue weighted by Gasteiger charge is -2.38. The second-order valence-electron chi connectivity index (χ2n) is 9.42. The van der Waals surface area contributed by atoms with Crippen molar-refractivity contribution in [3.05, 3.63) is 59.7 Å². The quantitative estimate of drug-likeness (QED) is 0.530. The summed E-state index contributed by atoms with van der Waals surface area (Å²) in [6, 6.07) is 15.4. The lowest BCUT2D eigenvalue weighted by Crippen LogP contribution is -2.55. The van der Waals surface area contributed by atoms with Gasteiger partial charge in [0.25, 0.3) is 0 Å². The van der Waals surface area contributed by atoms with E-state index in [4.69, 9.17) is 9.84 Å². The molecule has 0 aliphatic heterocycles. The number of nitrogens with one attached hydrogen (secondary N) is 2. The number of carbonyl (C=O) groups excluding carboxylic acids is 2. The van der Waals surface area contributed by atoms with Gasteiger partial charge in [0.15, 0.2) is 0 Å². The smallest absolute Gasteiger partial charge is 0.407 e. The third-order valence-electron chi connectivity index (χ3n) is 7.09. The number of rotatable bonds is 8. The maximum atomic E-state index is 12.9. The molecule has 0 aromatic heterocycles. The predicted octanol–water partition coefficient (Wildman–Crippen LogP) is 4.60. The Morgan fingerprint density at radius 1 is 1.00 bits per heavy atom. The SMILES string of the molecule is CC(NC(=O)OCC1c2ccccc2-c2ccccc21)C(=O)NC1(CCC(=O)O)CCCCC1. The molecule has 0 spiro atoms. The van der Waals surface area contributed by atoms with Gasteiger partial charge in [-0.15, -0.1) is 0 Å². The zero-order chi connectivity index (χ0) is 24.1. The molecule has 3 N–H and O–H groups in total. The highest BCUT2D eigenvalue weighted by molar-refractivity contribution is 5.86. The molecule has 1 atom stereocenters. The van der Waals surface area contributed by atoms with Gasteiger partial charge < -0.3 is 20.5 Å². The average molecular weight is 465 g/mol. The van der Waals surface area contributed by atoms with Crippen LogP contribution in [0, 0.1) is 0 Å². The summed E-state index contributed by atoms with van der Waals surface area (Å²) >= 11 is 0. The number of fused-ring (bicyclic) bond motifs is 3. The van der Waals surface area contributed by atoms with Crippen molar-refractivity contribution in [2.45, 2.75) is 69.4 Å². The fourth-order valence-corrected chi connectivity index (χ4v) is 5.26. The fraction of sp³-hybridized carbons (Fsp3) is 0.444. The molecule has 4 rings (SSSR count). The monoisotopic (exact) mass is 464 g/mol. The van der Waals surface area contributed by atoms with E-state index in [1.54, 1.807) is 6.92 Å². The van der Waals surface area contributed by atoms with Gasteiger partial charge in [-0.1, -0.05) is 67.8 Å². The largest absolute Gasteiger partial charge is 0.481 e. The molecule has 0 heterocycles.